The van der Waals surface area contributed by atoms with Gasteiger partial charge in [-0.15, -0.1) is 0 Å². The average Bonchev–Trinajstić information content (AvgIpc) is 3.07. The van der Waals surface area contributed by atoms with Gasteiger partial charge in [-0.2, -0.15) is 0 Å². The zero-order chi connectivity index (χ0) is 16.4. The summed E-state index contributed by atoms with van der Waals surface area (Å²) in [6.45, 7) is 0.311. The van der Waals surface area contributed by atoms with E-state index >= 15 is 0 Å². The molecule has 23 heavy (non-hydrogen) atoms. The van der Waals surface area contributed by atoms with E-state index in [0.717, 1.165) is 34.4 Å². The molecule has 3 rings (SSSR count). The Morgan fingerprint density at radius 1 is 1.48 bits per heavy atom. The summed E-state index contributed by atoms with van der Waals surface area (Å²) in [7, 11) is 0. The van der Waals surface area contributed by atoms with Crippen LogP contribution in [0.3, 0.4) is 0 Å². The summed E-state index contributed by atoms with van der Waals surface area (Å²) in [4.78, 5) is 24.3. The third kappa shape index (κ3) is 3.46. The monoisotopic (exact) mass is 347 g/mol. The third-order valence-corrected chi connectivity index (χ3v) is 4.81. The summed E-state index contributed by atoms with van der Waals surface area (Å²) in [6.07, 6.45) is 6.22. The third-order valence-electron chi connectivity index (χ3n) is 3.42. The fourth-order valence-corrected chi connectivity index (χ4v) is 3.55. The summed E-state index contributed by atoms with van der Waals surface area (Å²) in [5.41, 5.74) is 2.20. The predicted octanol–water partition coefficient (Wildman–Crippen LogP) is 2.46. The predicted molar refractivity (Wildman–Crippen MR) is 92.3 cm³/mol. The Morgan fingerprint density at radius 2 is 2.30 bits per heavy atom. The van der Waals surface area contributed by atoms with Gasteiger partial charge in [0.25, 0.3) is 5.91 Å². The van der Waals surface area contributed by atoms with Gasteiger partial charge < -0.3 is 9.84 Å². The van der Waals surface area contributed by atoms with Crippen LogP contribution in [0.5, 0.6) is 5.75 Å². The minimum atomic E-state index is -1.08. The Kier molecular flexibility index (Phi) is 4.49. The maximum absolute atomic E-state index is 12.1. The second-order valence-corrected chi connectivity index (χ2v) is 6.68. The molecule has 2 heterocycles. The van der Waals surface area contributed by atoms with Crippen molar-refractivity contribution in [3.63, 3.8) is 0 Å². The van der Waals surface area contributed by atoms with Gasteiger partial charge in [-0.05, 0) is 29.3 Å². The Morgan fingerprint density at radius 3 is 3.09 bits per heavy atom. The SMILES string of the molecule is O=C(O)CN1C(=O)C(=CC=Cc2ccc3c(c2)CCO3)SC1=S. The zero-order valence-corrected chi connectivity index (χ0v) is 13.7. The first-order chi connectivity index (χ1) is 11.0. The molecule has 0 atom stereocenters. The lowest BCUT2D eigenvalue weighted by atomic mass is 10.1. The van der Waals surface area contributed by atoms with Gasteiger partial charge in [-0.25, -0.2) is 0 Å². The Balaban J connectivity index is 1.71. The first kappa shape index (κ1) is 15.8. The van der Waals surface area contributed by atoms with Crippen LogP contribution < -0.4 is 4.74 Å². The van der Waals surface area contributed by atoms with E-state index in [-0.39, 0.29) is 10.2 Å². The maximum Gasteiger partial charge on any atom is 0.323 e. The lowest BCUT2D eigenvalue weighted by Crippen LogP contribution is -2.33. The highest BCUT2D eigenvalue weighted by molar-refractivity contribution is 8.26. The highest BCUT2D eigenvalue weighted by Crippen LogP contribution is 2.31. The standard InChI is InChI=1S/C16H13NO4S2/c18-14(19)9-17-15(20)13(23-16(17)22)3-1-2-10-4-5-12-11(8-10)6-7-21-12/h1-5,8H,6-7,9H2,(H,18,19). The summed E-state index contributed by atoms with van der Waals surface area (Å²) in [5.74, 6) is -0.524. The smallest absolute Gasteiger partial charge is 0.323 e. The number of nitrogens with zero attached hydrogens (tertiary/aromatic N) is 1. The Labute approximate surface area is 142 Å². The van der Waals surface area contributed by atoms with E-state index < -0.39 is 12.5 Å². The van der Waals surface area contributed by atoms with Crippen LogP contribution in [0, 0.1) is 0 Å². The first-order valence-corrected chi connectivity index (χ1v) is 8.16. The number of fused-ring (bicyclic) bond motifs is 1. The van der Waals surface area contributed by atoms with Gasteiger partial charge in [-0.1, -0.05) is 42.2 Å². The topological polar surface area (TPSA) is 66.8 Å². The number of carboxylic acids is 1. The van der Waals surface area contributed by atoms with Crippen molar-refractivity contribution in [2.24, 2.45) is 0 Å². The molecule has 1 fully saturated rings. The van der Waals surface area contributed by atoms with Crippen LogP contribution in [0.15, 0.2) is 35.3 Å². The maximum atomic E-state index is 12.1. The number of carbonyl (C=O) groups is 2. The number of thiocarbonyl (C=S) groups is 1. The van der Waals surface area contributed by atoms with Gasteiger partial charge in [0.1, 0.15) is 16.6 Å². The molecule has 5 nitrogen and oxygen atoms in total. The van der Waals surface area contributed by atoms with Crippen molar-refractivity contribution in [3.05, 3.63) is 46.4 Å². The number of carbonyl (C=O) groups excluding carboxylic acids is 1. The van der Waals surface area contributed by atoms with Crippen LogP contribution in [0.1, 0.15) is 11.1 Å². The normalized spacial score (nSPS) is 18.8. The lowest BCUT2D eigenvalue weighted by molar-refractivity contribution is -0.140. The highest BCUT2D eigenvalue weighted by Gasteiger charge is 2.32. The lowest BCUT2D eigenvalue weighted by Gasteiger charge is -2.09. The Hall–Kier alpha value is -2.12. The van der Waals surface area contributed by atoms with Crippen molar-refractivity contribution in [1.82, 2.24) is 4.90 Å². The van der Waals surface area contributed by atoms with Crippen LogP contribution in [-0.4, -0.2) is 39.4 Å². The van der Waals surface area contributed by atoms with Crippen LogP contribution >= 0.6 is 24.0 Å². The molecular formula is C16H13NO4S2. The molecular weight excluding hydrogens is 334 g/mol. The second-order valence-electron chi connectivity index (χ2n) is 5.01. The average molecular weight is 347 g/mol. The van der Waals surface area contributed by atoms with Crippen LogP contribution in [0.4, 0.5) is 0 Å². The molecule has 7 heteroatoms. The van der Waals surface area contributed by atoms with Crippen LogP contribution in [0.2, 0.25) is 0 Å². The summed E-state index contributed by atoms with van der Waals surface area (Å²) in [5, 5.41) is 8.79. The van der Waals surface area contributed by atoms with Crippen LogP contribution in [0.25, 0.3) is 6.08 Å². The molecule has 1 saturated heterocycles. The molecule has 0 bridgehead atoms. The van der Waals surface area contributed by atoms with Crippen molar-refractivity contribution in [2.75, 3.05) is 13.2 Å². The minimum absolute atomic E-state index is 0.270. The molecule has 0 aromatic heterocycles. The van der Waals surface area contributed by atoms with Gasteiger partial charge >= 0.3 is 5.97 Å². The van der Waals surface area contributed by atoms with Gasteiger partial charge in [0.2, 0.25) is 0 Å². The number of aliphatic carboxylic acids is 1. The zero-order valence-electron chi connectivity index (χ0n) is 12.0. The van der Waals surface area contributed by atoms with E-state index in [0.29, 0.717) is 11.5 Å². The highest BCUT2D eigenvalue weighted by atomic mass is 32.2. The second kappa shape index (κ2) is 6.55. The van der Waals surface area contributed by atoms with E-state index in [9.17, 15) is 9.59 Å². The summed E-state index contributed by atoms with van der Waals surface area (Å²) in [6, 6.07) is 5.95. The Bertz CT molecular complexity index is 754. The number of hydrogen-bond acceptors (Lipinski definition) is 5. The largest absolute Gasteiger partial charge is 0.493 e. The van der Waals surface area contributed by atoms with E-state index in [1.807, 2.05) is 18.2 Å². The van der Waals surface area contributed by atoms with E-state index in [1.165, 1.54) is 5.56 Å². The number of thioether (sulfide) groups is 1. The molecule has 0 aliphatic carbocycles. The molecule has 2 aliphatic rings. The molecule has 1 aromatic carbocycles. The quantitative estimate of drug-likeness (QED) is 0.667. The van der Waals surface area contributed by atoms with Gasteiger partial charge in [0.05, 0.1) is 11.5 Å². The molecule has 0 unspecified atom stereocenters. The number of rotatable bonds is 4. The number of benzene rings is 1. The molecule has 0 saturated carbocycles. The van der Waals surface area contributed by atoms with Crippen molar-refractivity contribution >= 4 is 46.3 Å². The molecule has 2 aliphatic heterocycles. The number of carboxylic acid groups (broad SMARTS) is 1. The van der Waals surface area contributed by atoms with E-state index in [2.05, 4.69) is 6.07 Å². The van der Waals surface area contributed by atoms with E-state index in [4.69, 9.17) is 22.1 Å². The minimum Gasteiger partial charge on any atom is -0.493 e. The molecule has 1 N–H and O–H groups in total. The van der Waals surface area contributed by atoms with Gasteiger partial charge in [0.15, 0.2) is 0 Å². The van der Waals surface area contributed by atoms with Crippen molar-refractivity contribution in [1.29, 1.82) is 0 Å². The fraction of sp³-hybridized carbons (Fsp3) is 0.188. The van der Waals surface area contributed by atoms with Crippen molar-refractivity contribution < 1.29 is 19.4 Å². The summed E-state index contributed by atoms with van der Waals surface area (Å²) >= 11 is 6.15. The molecule has 1 amide bonds. The molecule has 0 spiro atoms. The number of amides is 1. The first-order valence-electron chi connectivity index (χ1n) is 6.94. The van der Waals surface area contributed by atoms with Gasteiger partial charge in [0, 0.05) is 6.42 Å². The number of ether oxygens (including phenoxy) is 1. The van der Waals surface area contributed by atoms with Crippen LogP contribution in [-0.2, 0) is 16.0 Å². The fourth-order valence-electron chi connectivity index (χ4n) is 2.34. The van der Waals surface area contributed by atoms with Crippen molar-refractivity contribution in [2.45, 2.75) is 6.42 Å². The summed E-state index contributed by atoms with van der Waals surface area (Å²) < 4.78 is 5.73. The molecule has 118 valence electrons. The van der Waals surface area contributed by atoms with E-state index in [1.54, 1.807) is 12.2 Å². The van der Waals surface area contributed by atoms with Crippen molar-refractivity contribution in [3.8, 4) is 5.75 Å². The molecule has 0 radical (unpaired) electrons. The number of hydrogen-bond donors (Lipinski definition) is 1. The van der Waals surface area contributed by atoms with Gasteiger partial charge in [-0.3, -0.25) is 14.5 Å². The number of allylic oxidation sites excluding steroid dienone is 2. The molecule has 1 aromatic rings.